The van der Waals surface area contributed by atoms with E-state index in [1.807, 2.05) is 6.07 Å². The van der Waals surface area contributed by atoms with Gasteiger partial charge in [-0.15, -0.1) is 0 Å². The first kappa shape index (κ1) is 20.5. The number of benzene rings is 1. The second kappa shape index (κ2) is 9.84. The van der Waals surface area contributed by atoms with Crippen LogP contribution in [0.2, 0.25) is 0 Å². The predicted molar refractivity (Wildman–Crippen MR) is 114 cm³/mol. The van der Waals surface area contributed by atoms with Gasteiger partial charge >= 0.3 is 0 Å². The standard InChI is InChI=1S/C22H22N6O3/c23-4-8-30-18-14-26-22(27-15-18)19-2-1-16(13-24)11-20(19)31-17-3-5-25-21(12-17)28-6-9-29-10-7-28/h1-3,5,11-12,14-15H,4,6-10,23H2. The molecule has 1 aliphatic heterocycles. The molecule has 2 aromatic heterocycles. The largest absolute Gasteiger partial charge is 0.489 e. The summed E-state index contributed by atoms with van der Waals surface area (Å²) in [5, 5.41) is 9.33. The lowest BCUT2D eigenvalue weighted by atomic mass is 10.1. The molecule has 3 heterocycles. The van der Waals surface area contributed by atoms with Crippen LogP contribution in [0, 0.1) is 11.3 Å². The minimum absolute atomic E-state index is 0.390. The molecule has 4 rings (SSSR count). The van der Waals surface area contributed by atoms with E-state index in [1.54, 1.807) is 42.9 Å². The van der Waals surface area contributed by atoms with Crippen molar-refractivity contribution in [3.63, 3.8) is 0 Å². The molecule has 3 aromatic rings. The smallest absolute Gasteiger partial charge is 0.163 e. The van der Waals surface area contributed by atoms with Crippen molar-refractivity contribution in [3.8, 4) is 34.7 Å². The molecule has 0 spiro atoms. The minimum atomic E-state index is 0.390. The Kier molecular flexibility index (Phi) is 6.52. The zero-order valence-corrected chi connectivity index (χ0v) is 16.9. The number of anilines is 1. The lowest BCUT2D eigenvalue weighted by Gasteiger charge is -2.27. The van der Waals surface area contributed by atoms with Crippen molar-refractivity contribution >= 4 is 5.82 Å². The maximum absolute atomic E-state index is 9.33. The van der Waals surface area contributed by atoms with E-state index in [-0.39, 0.29) is 0 Å². The second-order valence-corrected chi connectivity index (χ2v) is 6.75. The van der Waals surface area contributed by atoms with Crippen LogP contribution in [0.25, 0.3) is 11.4 Å². The molecule has 0 saturated carbocycles. The van der Waals surface area contributed by atoms with Gasteiger partial charge in [0.1, 0.15) is 23.9 Å². The van der Waals surface area contributed by atoms with Crippen LogP contribution in [-0.4, -0.2) is 54.4 Å². The molecule has 158 valence electrons. The Morgan fingerprint density at radius 2 is 1.87 bits per heavy atom. The quantitative estimate of drug-likeness (QED) is 0.616. The molecule has 1 aromatic carbocycles. The highest BCUT2D eigenvalue weighted by Gasteiger charge is 2.15. The molecule has 0 atom stereocenters. The monoisotopic (exact) mass is 418 g/mol. The summed E-state index contributed by atoms with van der Waals surface area (Å²) in [4.78, 5) is 15.3. The van der Waals surface area contributed by atoms with Gasteiger partial charge in [-0.1, -0.05) is 0 Å². The van der Waals surface area contributed by atoms with E-state index < -0.39 is 0 Å². The maximum Gasteiger partial charge on any atom is 0.163 e. The molecule has 0 radical (unpaired) electrons. The molecule has 1 aliphatic rings. The number of morpholine rings is 1. The first-order chi connectivity index (χ1) is 15.3. The highest BCUT2D eigenvalue weighted by molar-refractivity contribution is 5.66. The van der Waals surface area contributed by atoms with Crippen LogP contribution < -0.4 is 20.1 Å². The highest BCUT2D eigenvalue weighted by atomic mass is 16.5. The third-order valence-electron chi connectivity index (χ3n) is 4.65. The van der Waals surface area contributed by atoms with E-state index in [0.29, 0.717) is 60.6 Å². The highest BCUT2D eigenvalue weighted by Crippen LogP contribution is 2.33. The zero-order chi connectivity index (χ0) is 21.5. The maximum atomic E-state index is 9.33. The summed E-state index contributed by atoms with van der Waals surface area (Å²) in [6.07, 6.45) is 4.87. The van der Waals surface area contributed by atoms with Crippen LogP contribution in [0.4, 0.5) is 5.82 Å². The van der Waals surface area contributed by atoms with Crippen LogP contribution in [0.15, 0.2) is 48.9 Å². The molecule has 0 bridgehead atoms. The Labute approximate surface area is 180 Å². The van der Waals surface area contributed by atoms with Gasteiger partial charge in [0.25, 0.3) is 0 Å². The van der Waals surface area contributed by atoms with Crippen LogP contribution in [0.5, 0.6) is 17.2 Å². The Morgan fingerprint density at radius 1 is 1.06 bits per heavy atom. The topological polar surface area (TPSA) is 119 Å². The number of aromatic nitrogens is 3. The summed E-state index contributed by atoms with van der Waals surface area (Å²) in [6, 6.07) is 10.9. The molecule has 0 aliphatic carbocycles. The molecule has 0 unspecified atom stereocenters. The van der Waals surface area contributed by atoms with Crippen molar-refractivity contribution < 1.29 is 14.2 Å². The SMILES string of the molecule is N#Cc1ccc(-c2ncc(OCCN)cn2)c(Oc2ccnc(N3CCOCC3)c2)c1. The van der Waals surface area contributed by atoms with Crippen LogP contribution in [-0.2, 0) is 4.74 Å². The number of hydrogen-bond acceptors (Lipinski definition) is 9. The summed E-state index contributed by atoms with van der Waals surface area (Å²) in [5.41, 5.74) is 6.59. The molecule has 1 saturated heterocycles. The number of ether oxygens (including phenoxy) is 3. The lowest BCUT2D eigenvalue weighted by molar-refractivity contribution is 0.122. The van der Waals surface area contributed by atoms with Gasteiger partial charge in [0.15, 0.2) is 11.6 Å². The molecule has 2 N–H and O–H groups in total. The Bertz CT molecular complexity index is 1060. The van der Waals surface area contributed by atoms with E-state index in [2.05, 4.69) is 25.9 Å². The third-order valence-corrected chi connectivity index (χ3v) is 4.65. The molecule has 31 heavy (non-hydrogen) atoms. The van der Waals surface area contributed by atoms with Crippen LogP contribution in [0.1, 0.15) is 5.56 Å². The Morgan fingerprint density at radius 3 is 2.61 bits per heavy atom. The van der Waals surface area contributed by atoms with Gasteiger partial charge in [0.05, 0.1) is 42.8 Å². The van der Waals surface area contributed by atoms with Crippen LogP contribution >= 0.6 is 0 Å². The first-order valence-electron chi connectivity index (χ1n) is 9.93. The van der Waals surface area contributed by atoms with E-state index in [4.69, 9.17) is 19.9 Å². The van der Waals surface area contributed by atoms with Gasteiger partial charge in [-0.25, -0.2) is 15.0 Å². The van der Waals surface area contributed by atoms with Gasteiger partial charge in [0, 0.05) is 31.9 Å². The number of nitrogens with zero attached hydrogens (tertiary/aromatic N) is 5. The fourth-order valence-corrected chi connectivity index (χ4v) is 3.12. The fourth-order valence-electron chi connectivity index (χ4n) is 3.12. The van der Waals surface area contributed by atoms with Crippen molar-refractivity contribution in [1.82, 2.24) is 15.0 Å². The van der Waals surface area contributed by atoms with E-state index in [9.17, 15) is 5.26 Å². The van der Waals surface area contributed by atoms with E-state index in [1.165, 1.54) is 0 Å². The number of nitriles is 1. The Balaban J connectivity index is 1.61. The van der Waals surface area contributed by atoms with Gasteiger partial charge < -0.3 is 24.8 Å². The van der Waals surface area contributed by atoms with Gasteiger partial charge in [-0.3, -0.25) is 0 Å². The summed E-state index contributed by atoms with van der Waals surface area (Å²) in [6.45, 7) is 3.69. The number of nitrogens with two attached hydrogens (primary N) is 1. The fraction of sp³-hybridized carbons (Fsp3) is 0.273. The van der Waals surface area contributed by atoms with Crippen molar-refractivity contribution in [2.45, 2.75) is 0 Å². The molecule has 1 fully saturated rings. The van der Waals surface area contributed by atoms with E-state index >= 15 is 0 Å². The molecule has 9 nitrogen and oxygen atoms in total. The van der Waals surface area contributed by atoms with Crippen molar-refractivity contribution in [3.05, 3.63) is 54.5 Å². The summed E-state index contributed by atoms with van der Waals surface area (Å²) in [7, 11) is 0. The number of rotatable bonds is 7. The van der Waals surface area contributed by atoms with E-state index in [0.717, 1.165) is 18.9 Å². The van der Waals surface area contributed by atoms with Crippen molar-refractivity contribution in [1.29, 1.82) is 5.26 Å². The Hall–Kier alpha value is -3.74. The number of hydrogen-bond donors (Lipinski definition) is 1. The first-order valence-corrected chi connectivity index (χ1v) is 9.93. The lowest BCUT2D eigenvalue weighted by Crippen LogP contribution is -2.36. The summed E-state index contributed by atoms with van der Waals surface area (Å²) < 4.78 is 17.0. The predicted octanol–water partition coefficient (Wildman–Crippen LogP) is 2.38. The van der Waals surface area contributed by atoms with Crippen molar-refractivity contribution in [2.75, 3.05) is 44.4 Å². The van der Waals surface area contributed by atoms with Crippen molar-refractivity contribution in [2.24, 2.45) is 5.73 Å². The molecular weight excluding hydrogens is 396 g/mol. The average molecular weight is 418 g/mol. The number of pyridine rings is 1. The van der Waals surface area contributed by atoms with Gasteiger partial charge in [-0.2, -0.15) is 5.26 Å². The zero-order valence-electron chi connectivity index (χ0n) is 16.9. The summed E-state index contributed by atoms with van der Waals surface area (Å²) >= 11 is 0. The second-order valence-electron chi connectivity index (χ2n) is 6.75. The summed E-state index contributed by atoms with van der Waals surface area (Å²) in [5.74, 6) is 2.90. The molecule has 0 amide bonds. The minimum Gasteiger partial charge on any atom is -0.489 e. The van der Waals surface area contributed by atoms with Gasteiger partial charge in [0.2, 0.25) is 0 Å². The third kappa shape index (κ3) is 5.06. The van der Waals surface area contributed by atoms with Gasteiger partial charge in [-0.05, 0) is 24.3 Å². The molecular formula is C22H22N6O3. The average Bonchev–Trinajstić information content (AvgIpc) is 2.84. The molecule has 9 heteroatoms. The van der Waals surface area contributed by atoms with Crippen LogP contribution in [0.3, 0.4) is 0 Å². The normalized spacial score (nSPS) is 13.5.